The van der Waals surface area contributed by atoms with Crippen molar-refractivity contribution >= 4 is 17.3 Å². The molecule has 2 rings (SSSR count). The van der Waals surface area contributed by atoms with E-state index < -0.39 is 6.10 Å². The number of nitrogens with zero attached hydrogens (tertiary/aromatic N) is 1. The molecule has 0 fully saturated rings. The number of anilines is 2. The summed E-state index contributed by atoms with van der Waals surface area (Å²) in [4.78, 5) is 13.9. The average molecular weight is 249 g/mol. The summed E-state index contributed by atoms with van der Waals surface area (Å²) in [5.74, 6) is 0.689. The van der Waals surface area contributed by atoms with Crippen molar-refractivity contribution in [1.82, 2.24) is 0 Å². The smallest absolute Gasteiger partial charge is 0.267 e. The fraction of sp³-hybridized carbons (Fsp3) is 0.462. The summed E-state index contributed by atoms with van der Waals surface area (Å²) in [6.45, 7) is 3.05. The molecule has 5 nitrogen and oxygen atoms in total. The predicted molar refractivity (Wildman–Crippen MR) is 71.6 cm³/mol. The molecule has 1 aromatic rings. The van der Waals surface area contributed by atoms with Crippen LogP contribution in [0.4, 0.5) is 11.4 Å². The second-order valence-electron chi connectivity index (χ2n) is 4.47. The molecule has 0 bridgehead atoms. The zero-order chi connectivity index (χ0) is 13.1. The molecule has 0 aromatic heterocycles. The lowest BCUT2D eigenvalue weighted by molar-refractivity contribution is -0.125. The average Bonchev–Trinajstić information content (AvgIpc) is 2.35. The summed E-state index contributed by atoms with van der Waals surface area (Å²) in [6.07, 6.45) is 1.33. The van der Waals surface area contributed by atoms with Crippen LogP contribution in [0.25, 0.3) is 0 Å². The minimum Gasteiger partial charge on any atom is -0.479 e. The van der Waals surface area contributed by atoms with Crippen molar-refractivity contribution in [2.45, 2.75) is 25.9 Å². The predicted octanol–water partition coefficient (Wildman–Crippen LogP) is 1.12. The van der Waals surface area contributed by atoms with Gasteiger partial charge in [0, 0.05) is 12.2 Å². The number of unbranched alkanes of at least 4 members (excludes halogenated alkanes) is 1. The molecule has 0 aliphatic carbocycles. The van der Waals surface area contributed by atoms with Crippen LogP contribution in [0.2, 0.25) is 0 Å². The van der Waals surface area contributed by atoms with Crippen LogP contribution in [0.5, 0.6) is 5.75 Å². The van der Waals surface area contributed by atoms with Crippen molar-refractivity contribution < 1.29 is 9.53 Å². The van der Waals surface area contributed by atoms with Gasteiger partial charge in [-0.25, -0.2) is 0 Å². The Morgan fingerprint density at radius 3 is 2.89 bits per heavy atom. The Balaban J connectivity index is 2.26. The number of ether oxygens (including phenoxy) is 1. The number of fused-ring (bicyclic) bond motifs is 1. The van der Waals surface area contributed by atoms with Gasteiger partial charge < -0.3 is 21.1 Å². The monoisotopic (exact) mass is 249 g/mol. The molecular weight excluding hydrogens is 230 g/mol. The van der Waals surface area contributed by atoms with Crippen molar-refractivity contribution in [2.75, 3.05) is 23.7 Å². The minimum atomic E-state index is -0.445. The van der Waals surface area contributed by atoms with Gasteiger partial charge >= 0.3 is 0 Å². The van der Waals surface area contributed by atoms with Crippen molar-refractivity contribution in [2.24, 2.45) is 5.73 Å². The molecule has 98 valence electrons. The molecule has 1 atom stereocenters. The first kappa shape index (κ1) is 12.7. The maximum absolute atomic E-state index is 12.1. The number of benzene rings is 1. The Bertz CT molecular complexity index is 448. The number of carbonyl (C=O) groups is 1. The second kappa shape index (κ2) is 5.27. The summed E-state index contributed by atoms with van der Waals surface area (Å²) in [7, 11) is 0. The Kier molecular flexibility index (Phi) is 3.72. The van der Waals surface area contributed by atoms with Crippen molar-refractivity contribution in [3.63, 3.8) is 0 Å². The molecule has 0 saturated carbocycles. The Morgan fingerprint density at radius 1 is 1.39 bits per heavy atom. The van der Waals surface area contributed by atoms with Gasteiger partial charge in [0.15, 0.2) is 6.10 Å². The standard InChI is InChI=1S/C13H19N3O2/c1-9-13(17)16(7-3-2-6-14)11-8-10(15)4-5-12(11)18-9/h4-5,8-9H,2-3,6-7,14-15H2,1H3. The van der Waals surface area contributed by atoms with E-state index in [1.807, 2.05) is 6.07 Å². The number of carbonyl (C=O) groups excluding carboxylic acids is 1. The highest BCUT2D eigenvalue weighted by Gasteiger charge is 2.30. The van der Waals surface area contributed by atoms with Gasteiger partial charge in [0.05, 0.1) is 5.69 Å². The van der Waals surface area contributed by atoms with Crippen LogP contribution in [0.1, 0.15) is 19.8 Å². The lowest BCUT2D eigenvalue weighted by Gasteiger charge is -2.33. The molecule has 0 spiro atoms. The molecule has 1 aliphatic rings. The molecular formula is C13H19N3O2. The van der Waals surface area contributed by atoms with Gasteiger partial charge in [0.2, 0.25) is 0 Å². The van der Waals surface area contributed by atoms with E-state index in [4.69, 9.17) is 16.2 Å². The zero-order valence-electron chi connectivity index (χ0n) is 10.6. The zero-order valence-corrected chi connectivity index (χ0v) is 10.6. The summed E-state index contributed by atoms with van der Waals surface area (Å²) >= 11 is 0. The highest BCUT2D eigenvalue weighted by atomic mass is 16.5. The fourth-order valence-corrected chi connectivity index (χ4v) is 2.07. The van der Waals surface area contributed by atoms with Gasteiger partial charge in [-0.15, -0.1) is 0 Å². The quantitative estimate of drug-likeness (QED) is 0.619. The summed E-state index contributed by atoms with van der Waals surface area (Å²) in [5.41, 5.74) is 12.6. The number of nitrogens with two attached hydrogens (primary N) is 2. The van der Waals surface area contributed by atoms with Crippen LogP contribution in [-0.2, 0) is 4.79 Å². The van der Waals surface area contributed by atoms with E-state index in [1.165, 1.54) is 0 Å². The maximum Gasteiger partial charge on any atom is 0.267 e. The van der Waals surface area contributed by atoms with E-state index in [2.05, 4.69) is 0 Å². The SMILES string of the molecule is CC1Oc2ccc(N)cc2N(CCCCN)C1=O. The normalized spacial score (nSPS) is 18.4. The van der Waals surface area contributed by atoms with Gasteiger partial charge in [-0.3, -0.25) is 4.79 Å². The second-order valence-corrected chi connectivity index (χ2v) is 4.47. The summed E-state index contributed by atoms with van der Waals surface area (Å²) < 4.78 is 5.56. The minimum absolute atomic E-state index is 0.0230. The van der Waals surface area contributed by atoms with Gasteiger partial charge in [-0.2, -0.15) is 0 Å². The lowest BCUT2D eigenvalue weighted by Crippen LogP contribution is -2.45. The number of rotatable bonds is 4. The number of hydrogen-bond acceptors (Lipinski definition) is 4. The molecule has 1 aromatic carbocycles. The molecule has 5 heteroatoms. The molecule has 1 heterocycles. The van der Waals surface area contributed by atoms with Crippen LogP contribution < -0.4 is 21.1 Å². The fourth-order valence-electron chi connectivity index (χ4n) is 2.07. The molecule has 1 aliphatic heterocycles. The molecule has 0 saturated heterocycles. The Hall–Kier alpha value is -1.75. The van der Waals surface area contributed by atoms with Crippen LogP contribution >= 0.6 is 0 Å². The third kappa shape index (κ3) is 2.41. The van der Waals surface area contributed by atoms with E-state index in [1.54, 1.807) is 24.0 Å². The Labute approximate surface area is 107 Å². The molecule has 1 unspecified atom stereocenters. The topological polar surface area (TPSA) is 81.6 Å². The van der Waals surface area contributed by atoms with Gasteiger partial charge in [0.25, 0.3) is 5.91 Å². The maximum atomic E-state index is 12.1. The highest BCUT2D eigenvalue weighted by Crippen LogP contribution is 2.35. The van der Waals surface area contributed by atoms with Crippen molar-refractivity contribution in [3.8, 4) is 5.75 Å². The first-order valence-electron chi connectivity index (χ1n) is 6.21. The van der Waals surface area contributed by atoms with E-state index in [0.29, 0.717) is 24.5 Å². The van der Waals surface area contributed by atoms with E-state index in [-0.39, 0.29) is 5.91 Å². The number of hydrogen-bond donors (Lipinski definition) is 2. The molecule has 1 amide bonds. The first-order valence-corrected chi connectivity index (χ1v) is 6.21. The summed E-state index contributed by atoms with van der Waals surface area (Å²) in [5, 5.41) is 0. The van der Waals surface area contributed by atoms with E-state index >= 15 is 0 Å². The van der Waals surface area contributed by atoms with Crippen LogP contribution in [0, 0.1) is 0 Å². The van der Waals surface area contributed by atoms with Crippen molar-refractivity contribution in [3.05, 3.63) is 18.2 Å². The largest absolute Gasteiger partial charge is 0.479 e. The van der Waals surface area contributed by atoms with Crippen LogP contribution in [-0.4, -0.2) is 25.1 Å². The lowest BCUT2D eigenvalue weighted by atomic mass is 10.1. The molecule has 18 heavy (non-hydrogen) atoms. The van der Waals surface area contributed by atoms with Crippen LogP contribution in [0.3, 0.4) is 0 Å². The third-order valence-corrected chi connectivity index (χ3v) is 3.03. The van der Waals surface area contributed by atoms with Gasteiger partial charge in [-0.05, 0) is 44.5 Å². The van der Waals surface area contributed by atoms with Crippen LogP contribution in [0.15, 0.2) is 18.2 Å². The third-order valence-electron chi connectivity index (χ3n) is 3.03. The van der Waals surface area contributed by atoms with Gasteiger partial charge in [-0.1, -0.05) is 0 Å². The van der Waals surface area contributed by atoms with Crippen molar-refractivity contribution in [1.29, 1.82) is 0 Å². The van der Waals surface area contributed by atoms with E-state index in [9.17, 15) is 4.79 Å². The number of amides is 1. The molecule has 4 N–H and O–H groups in total. The highest BCUT2D eigenvalue weighted by molar-refractivity contribution is 6.00. The first-order chi connectivity index (χ1) is 8.63. The van der Waals surface area contributed by atoms with Gasteiger partial charge in [0.1, 0.15) is 5.75 Å². The summed E-state index contributed by atoms with van der Waals surface area (Å²) in [6, 6.07) is 5.37. The Morgan fingerprint density at radius 2 is 2.17 bits per heavy atom. The van der Waals surface area contributed by atoms with E-state index in [0.717, 1.165) is 18.5 Å². The number of nitrogen functional groups attached to an aromatic ring is 1. The molecule has 0 radical (unpaired) electrons.